The van der Waals surface area contributed by atoms with Gasteiger partial charge in [0.25, 0.3) is 0 Å². The highest BCUT2D eigenvalue weighted by Crippen LogP contribution is 2.41. The lowest BCUT2D eigenvalue weighted by atomic mass is 9.74. The summed E-state index contributed by atoms with van der Waals surface area (Å²) in [4.78, 5) is 14.4. The Morgan fingerprint density at radius 1 is 1.08 bits per heavy atom. The molecule has 0 radical (unpaired) electrons. The molecule has 1 amide bonds. The smallest absolute Gasteiger partial charge is 0.248 e. The Morgan fingerprint density at radius 3 is 2.36 bits per heavy atom. The number of carbonyl (C=O) groups is 1. The Hall–Kier alpha value is -2.53. The Morgan fingerprint density at radius 2 is 1.76 bits per heavy atom. The van der Waals surface area contributed by atoms with Gasteiger partial charge in [-0.15, -0.1) is 0 Å². The van der Waals surface area contributed by atoms with E-state index >= 15 is 0 Å². The van der Waals surface area contributed by atoms with Gasteiger partial charge in [-0.25, -0.2) is 0 Å². The summed E-state index contributed by atoms with van der Waals surface area (Å²) >= 11 is 0. The number of phenols is 1. The lowest BCUT2D eigenvalue weighted by Gasteiger charge is -2.45. The zero-order valence-electron chi connectivity index (χ0n) is 14.0. The highest BCUT2D eigenvalue weighted by molar-refractivity contribution is 5.94. The van der Waals surface area contributed by atoms with Gasteiger partial charge in [-0.3, -0.25) is 4.79 Å². The summed E-state index contributed by atoms with van der Waals surface area (Å²) in [5.74, 6) is 2.07. The summed E-state index contributed by atoms with van der Waals surface area (Å²) in [5.41, 5.74) is 7.21. The van der Waals surface area contributed by atoms with Crippen LogP contribution in [0.15, 0.2) is 42.5 Å². The molecule has 3 heterocycles. The summed E-state index contributed by atoms with van der Waals surface area (Å²) in [6.07, 6.45) is 2.35. The van der Waals surface area contributed by atoms with Crippen LogP contribution < -0.4 is 10.5 Å². The molecule has 5 rings (SSSR count). The second-order valence-electron chi connectivity index (χ2n) is 6.95. The lowest BCUT2D eigenvalue weighted by Crippen LogP contribution is -2.46. The number of hydrogen-bond acceptors (Lipinski definition) is 4. The number of carbonyl (C=O) groups excluding carboxylic acids is 1. The van der Waals surface area contributed by atoms with Crippen LogP contribution in [0, 0.1) is 5.92 Å². The number of piperidine rings is 3. The standard InChI is InChI=1S/C20H22N2O3/c21-20(24)17-6-5-16(25-15-3-1-14(23)2-4-15)11-18(17)19-12-22-9-7-13(19)8-10-22/h1-6,11,13,19,23H,7-10,12H2,(H2,21,24)/t19-/m1/s1. The van der Waals surface area contributed by atoms with Crippen molar-refractivity contribution in [3.63, 3.8) is 0 Å². The molecule has 5 nitrogen and oxygen atoms in total. The van der Waals surface area contributed by atoms with E-state index < -0.39 is 0 Å². The monoisotopic (exact) mass is 338 g/mol. The minimum atomic E-state index is -0.386. The van der Waals surface area contributed by atoms with E-state index in [1.807, 2.05) is 6.07 Å². The van der Waals surface area contributed by atoms with Crippen LogP contribution in [0.3, 0.4) is 0 Å². The number of fused-ring (bicyclic) bond motifs is 3. The van der Waals surface area contributed by atoms with Gasteiger partial charge in [0.2, 0.25) is 5.91 Å². The van der Waals surface area contributed by atoms with Crippen LogP contribution in [0.4, 0.5) is 0 Å². The van der Waals surface area contributed by atoms with E-state index in [2.05, 4.69) is 4.90 Å². The molecule has 2 bridgehead atoms. The van der Waals surface area contributed by atoms with Crippen LogP contribution in [-0.2, 0) is 0 Å². The van der Waals surface area contributed by atoms with Crippen molar-refractivity contribution in [3.8, 4) is 17.2 Å². The molecule has 130 valence electrons. The molecule has 0 aliphatic carbocycles. The molecule has 0 unspecified atom stereocenters. The van der Waals surface area contributed by atoms with Crippen LogP contribution in [0.25, 0.3) is 0 Å². The predicted octanol–water partition coefficient (Wildman–Crippen LogP) is 3.09. The van der Waals surface area contributed by atoms with Crippen molar-refractivity contribution < 1.29 is 14.6 Å². The average molecular weight is 338 g/mol. The first-order valence-electron chi connectivity index (χ1n) is 8.73. The lowest BCUT2D eigenvalue weighted by molar-refractivity contribution is 0.0855. The molecule has 3 saturated heterocycles. The number of phenolic OH excluding ortho intramolecular Hbond substituents is 1. The summed E-state index contributed by atoms with van der Waals surface area (Å²) < 4.78 is 5.90. The summed E-state index contributed by atoms with van der Waals surface area (Å²) in [6.45, 7) is 3.28. The third-order valence-electron chi connectivity index (χ3n) is 5.42. The Balaban J connectivity index is 1.66. The van der Waals surface area contributed by atoms with Gasteiger partial charge in [0.05, 0.1) is 0 Å². The number of nitrogens with zero attached hydrogens (tertiary/aromatic N) is 1. The van der Waals surface area contributed by atoms with E-state index in [-0.39, 0.29) is 11.7 Å². The number of benzene rings is 2. The molecule has 2 aromatic rings. The SMILES string of the molecule is NC(=O)c1ccc(Oc2ccc(O)cc2)cc1[C@@H]1CN2CCC1CC2. The van der Waals surface area contributed by atoms with Crippen molar-refractivity contribution in [1.82, 2.24) is 4.90 Å². The van der Waals surface area contributed by atoms with Gasteiger partial charge >= 0.3 is 0 Å². The third-order valence-corrected chi connectivity index (χ3v) is 5.42. The molecule has 2 aromatic carbocycles. The van der Waals surface area contributed by atoms with Crippen molar-refractivity contribution in [1.29, 1.82) is 0 Å². The van der Waals surface area contributed by atoms with Gasteiger partial charge in [-0.05, 0) is 79.9 Å². The van der Waals surface area contributed by atoms with Gasteiger partial charge in [-0.2, -0.15) is 0 Å². The summed E-state index contributed by atoms with van der Waals surface area (Å²) in [7, 11) is 0. The van der Waals surface area contributed by atoms with Crippen LogP contribution in [0.5, 0.6) is 17.2 Å². The van der Waals surface area contributed by atoms with Gasteiger partial charge in [0.15, 0.2) is 0 Å². The fourth-order valence-corrected chi connectivity index (χ4v) is 4.10. The maximum atomic E-state index is 11.9. The summed E-state index contributed by atoms with van der Waals surface area (Å²) in [5, 5.41) is 9.38. The molecule has 25 heavy (non-hydrogen) atoms. The largest absolute Gasteiger partial charge is 0.508 e. The van der Waals surface area contributed by atoms with Crippen LogP contribution >= 0.6 is 0 Å². The van der Waals surface area contributed by atoms with Gasteiger partial charge < -0.3 is 20.5 Å². The van der Waals surface area contributed by atoms with Crippen molar-refractivity contribution in [2.45, 2.75) is 18.8 Å². The van der Waals surface area contributed by atoms with Gasteiger partial charge in [0, 0.05) is 18.0 Å². The number of primary amides is 1. The van der Waals surface area contributed by atoms with E-state index in [1.54, 1.807) is 36.4 Å². The van der Waals surface area contributed by atoms with E-state index in [9.17, 15) is 9.90 Å². The number of rotatable bonds is 4. The van der Waals surface area contributed by atoms with Crippen molar-refractivity contribution in [2.75, 3.05) is 19.6 Å². The van der Waals surface area contributed by atoms with Gasteiger partial charge in [-0.1, -0.05) is 0 Å². The van der Waals surface area contributed by atoms with E-state index in [0.717, 1.165) is 25.2 Å². The second kappa shape index (κ2) is 6.41. The van der Waals surface area contributed by atoms with E-state index in [0.29, 0.717) is 28.9 Å². The molecular weight excluding hydrogens is 316 g/mol. The van der Waals surface area contributed by atoms with Crippen molar-refractivity contribution in [3.05, 3.63) is 53.6 Å². The predicted molar refractivity (Wildman–Crippen MR) is 95.0 cm³/mol. The fraction of sp³-hybridized carbons (Fsp3) is 0.350. The first-order chi connectivity index (χ1) is 12.1. The number of amides is 1. The topological polar surface area (TPSA) is 75.8 Å². The highest BCUT2D eigenvalue weighted by Gasteiger charge is 2.36. The van der Waals surface area contributed by atoms with Crippen molar-refractivity contribution >= 4 is 5.91 Å². The van der Waals surface area contributed by atoms with E-state index in [1.165, 1.54) is 12.8 Å². The number of ether oxygens (including phenoxy) is 1. The average Bonchev–Trinajstić information content (AvgIpc) is 2.64. The van der Waals surface area contributed by atoms with E-state index in [4.69, 9.17) is 10.5 Å². The first kappa shape index (κ1) is 16.0. The maximum Gasteiger partial charge on any atom is 0.248 e. The highest BCUT2D eigenvalue weighted by atomic mass is 16.5. The fourth-order valence-electron chi connectivity index (χ4n) is 4.10. The molecule has 3 aliphatic rings. The quantitative estimate of drug-likeness (QED) is 0.898. The third kappa shape index (κ3) is 3.20. The second-order valence-corrected chi connectivity index (χ2v) is 6.95. The normalized spacial score (nSPS) is 24.9. The molecule has 5 heteroatoms. The van der Waals surface area contributed by atoms with Crippen LogP contribution in [0.1, 0.15) is 34.7 Å². The van der Waals surface area contributed by atoms with Crippen LogP contribution in [0.2, 0.25) is 0 Å². The first-order valence-corrected chi connectivity index (χ1v) is 8.73. The molecule has 0 aromatic heterocycles. The molecular formula is C20H22N2O3. The number of nitrogens with two attached hydrogens (primary N) is 1. The Kier molecular flexibility index (Phi) is 4.09. The number of aromatic hydroxyl groups is 1. The minimum absolute atomic E-state index is 0.199. The maximum absolute atomic E-state index is 11.9. The Bertz CT molecular complexity index is 780. The number of hydrogen-bond donors (Lipinski definition) is 2. The van der Waals surface area contributed by atoms with Crippen molar-refractivity contribution in [2.24, 2.45) is 11.7 Å². The zero-order valence-corrected chi connectivity index (χ0v) is 14.0. The molecule has 3 fully saturated rings. The molecule has 1 atom stereocenters. The van der Waals surface area contributed by atoms with Crippen LogP contribution in [-0.4, -0.2) is 35.5 Å². The molecule has 0 spiro atoms. The zero-order chi connectivity index (χ0) is 17.4. The summed E-state index contributed by atoms with van der Waals surface area (Å²) in [6, 6.07) is 12.1. The van der Waals surface area contributed by atoms with Gasteiger partial charge in [0.1, 0.15) is 17.2 Å². The molecule has 0 saturated carbocycles. The Labute approximate surface area is 147 Å². The molecule has 3 N–H and O–H groups in total. The molecule has 3 aliphatic heterocycles. The minimum Gasteiger partial charge on any atom is -0.508 e.